The predicted octanol–water partition coefficient (Wildman–Crippen LogP) is 1.77. The molecule has 1 aromatic rings. The molecule has 19 heavy (non-hydrogen) atoms. The van der Waals surface area contributed by atoms with Gasteiger partial charge in [-0.1, -0.05) is 13.3 Å². The molecule has 0 unspecified atom stereocenters. The topological polar surface area (TPSA) is 71.2 Å². The first kappa shape index (κ1) is 13.7. The Balaban J connectivity index is 2.12. The monoisotopic (exact) mass is 266 g/mol. The fourth-order valence-electron chi connectivity index (χ4n) is 2.42. The third-order valence-electron chi connectivity index (χ3n) is 3.74. The highest BCUT2D eigenvalue weighted by Gasteiger charge is 2.25. The standard InChI is InChI=1S/C13H19FN4O/c1-2-9-4-7-18(8-5-9)13(19)10-3-6-16-12(17-15)11(10)14/h3,6,9H,2,4-5,7-8,15H2,1H3,(H,16,17). The molecule has 0 radical (unpaired) electrons. The van der Waals surface area contributed by atoms with Crippen LogP contribution in [0.25, 0.3) is 0 Å². The molecule has 1 amide bonds. The number of hydrogen-bond acceptors (Lipinski definition) is 4. The summed E-state index contributed by atoms with van der Waals surface area (Å²) < 4.78 is 14.0. The number of nitrogens with zero attached hydrogens (tertiary/aromatic N) is 2. The van der Waals surface area contributed by atoms with Crippen LogP contribution < -0.4 is 11.3 Å². The number of carbonyl (C=O) groups is 1. The van der Waals surface area contributed by atoms with Crippen molar-refractivity contribution in [2.24, 2.45) is 11.8 Å². The van der Waals surface area contributed by atoms with Gasteiger partial charge < -0.3 is 10.3 Å². The van der Waals surface area contributed by atoms with E-state index in [1.54, 1.807) is 4.90 Å². The van der Waals surface area contributed by atoms with Gasteiger partial charge in [-0.15, -0.1) is 0 Å². The summed E-state index contributed by atoms with van der Waals surface area (Å²) in [6.07, 6.45) is 4.48. The molecule has 0 aliphatic carbocycles. The van der Waals surface area contributed by atoms with Gasteiger partial charge >= 0.3 is 0 Å². The first-order chi connectivity index (χ1) is 9.17. The lowest BCUT2D eigenvalue weighted by Crippen LogP contribution is -2.38. The number of amides is 1. The predicted molar refractivity (Wildman–Crippen MR) is 70.9 cm³/mol. The first-order valence-electron chi connectivity index (χ1n) is 6.57. The van der Waals surface area contributed by atoms with Gasteiger partial charge in [-0.3, -0.25) is 4.79 Å². The largest absolute Gasteiger partial charge is 0.339 e. The fourth-order valence-corrected chi connectivity index (χ4v) is 2.42. The Morgan fingerprint density at radius 3 is 2.84 bits per heavy atom. The highest BCUT2D eigenvalue weighted by molar-refractivity contribution is 5.95. The number of pyridine rings is 1. The summed E-state index contributed by atoms with van der Waals surface area (Å²) in [5, 5.41) is 0. The maximum atomic E-state index is 14.0. The summed E-state index contributed by atoms with van der Waals surface area (Å²) in [6, 6.07) is 1.39. The molecule has 6 heteroatoms. The molecule has 0 aromatic carbocycles. The van der Waals surface area contributed by atoms with E-state index in [-0.39, 0.29) is 17.3 Å². The molecule has 0 saturated carbocycles. The van der Waals surface area contributed by atoms with Crippen LogP contribution in [0.4, 0.5) is 10.2 Å². The summed E-state index contributed by atoms with van der Waals surface area (Å²) in [6.45, 7) is 3.53. The molecule has 2 rings (SSSR count). The van der Waals surface area contributed by atoms with Crippen molar-refractivity contribution >= 4 is 11.7 Å². The molecule has 3 N–H and O–H groups in total. The number of nitrogens with two attached hydrogens (primary N) is 1. The third-order valence-corrected chi connectivity index (χ3v) is 3.74. The molecule has 0 spiro atoms. The van der Waals surface area contributed by atoms with Crippen LogP contribution in [0, 0.1) is 11.7 Å². The van der Waals surface area contributed by atoms with E-state index in [2.05, 4.69) is 17.3 Å². The summed E-state index contributed by atoms with van der Waals surface area (Å²) in [7, 11) is 0. The Bertz CT molecular complexity index is 458. The van der Waals surface area contributed by atoms with Crippen molar-refractivity contribution in [1.29, 1.82) is 0 Å². The first-order valence-corrected chi connectivity index (χ1v) is 6.57. The number of nitrogen functional groups attached to an aromatic ring is 1. The molecule has 5 nitrogen and oxygen atoms in total. The minimum absolute atomic E-state index is 0.0258. The number of rotatable bonds is 3. The van der Waals surface area contributed by atoms with Gasteiger partial charge in [0, 0.05) is 19.3 Å². The van der Waals surface area contributed by atoms with E-state index in [4.69, 9.17) is 5.84 Å². The lowest BCUT2D eigenvalue weighted by atomic mass is 9.94. The van der Waals surface area contributed by atoms with E-state index in [9.17, 15) is 9.18 Å². The van der Waals surface area contributed by atoms with Gasteiger partial charge in [0.25, 0.3) is 5.91 Å². The summed E-state index contributed by atoms with van der Waals surface area (Å²) in [4.78, 5) is 17.7. The minimum atomic E-state index is -0.687. The Kier molecular flexibility index (Phi) is 4.31. The lowest BCUT2D eigenvalue weighted by molar-refractivity contribution is 0.0684. The van der Waals surface area contributed by atoms with Gasteiger partial charge in [0.15, 0.2) is 11.6 Å². The number of aromatic nitrogens is 1. The minimum Gasteiger partial charge on any atom is -0.339 e. The van der Waals surface area contributed by atoms with Crippen LogP contribution in [0.5, 0.6) is 0 Å². The number of hydrogen-bond donors (Lipinski definition) is 2. The van der Waals surface area contributed by atoms with Crippen LogP contribution in [0.1, 0.15) is 36.5 Å². The molecule has 2 heterocycles. The van der Waals surface area contributed by atoms with Crippen LogP contribution in [-0.2, 0) is 0 Å². The second-order valence-electron chi connectivity index (χ2n) is 4.81. The number of piperidine rings is 1. The zero-order valence-electron chi connectivity index (χ0n) is 11.0. The van der Waals surface area contributed by atoms with Crippen molar-refractivity contribution < 1.29 is 9.18 Å². The maximum absolute atomic E-state index is 14.0. The molecular formula is C13H19FN4O. The van der Waals surface area contributed by atoms with Gasteiger partial charge in [-0.05, 0) is 24.8 Å². The summed E-state index contributed by atoms with van der Waals surface area (Å²) in [5.74, 6) is 4.75. The van der Waals surface area contributed by atoms with Crippen LogP contribution in [0.3, 0.4) is 0 Å². The Hall–Kier alpha value is -1.69. The Morgan fingerprint density at radius 1 is 1.58 bits per heavy atom. The van der Waals surface area contributed by atoms with Gasteiger partial charge in [0.05, 0.1) is 5.56 Å². The third kappa shape index (κ3) is 2.84. The highest BCUT2D eigenvalue weighted by Crippen LogP contribution is 2.23. The van der Waals surface area contributed by atoms with Crippen molar-refractivity contribution in [3.63, 3.8) is 0 Å². The van der Waals surface area contributed by atoms with Crippen molar-refractivity contribution in [2.75, 3.05) is 18.5 Å². The van der Waals surface area contributed by atoms with Gasteiger partial charge in [0.2, 0.25) is 0 Å². The lowest BCUT2D eigenvalue weighted by Gasteiger charge is -2.31. The molecule has 1 fully saturated rings. The number of hydrazine groups is 1. The number of likely N-dealkylation sites (tertiary alicyclic amines) is 1. The Labute approximate surface area is 112 Å². The normalized spacial score (nSPS) is 16.5. The highest BCUT2D eigenvalue weighted by atomic mass is 19.1. The summed E-state index contributed by atoms with van der Waals surface area (Å²) >= 11 is 0. The second kappa shape index (κ2) is 5.97. The maximum Gasteiger partial charge on any atom is 0.257 e. The summed E-state index contributed by atoms with van der Waals surface area (Å²) in [5.41, 5.74) is 2.18. The van der Waals surface area contributed by atoms with Gasteiger partial charge in [-0.2, -0.15) is 0 Å². The van der Waals surface area contributed by atoms with Crippen LogP contribution in [-0.4, -0.2) is 28.9 Å². The molecule has 0 bridgehead atoms. The Morgan fingerprint density at radius 2 is 2.26 bits per heavy atom. The van der Waals surface area contributed by atoms with Gasteiger partial charge in [0.1, 0.15) is 0 Å². The molecule has 1 aromatic heterocycles. The van der Waals surface area contributed by atoms with Gasteiger partial charge in [-0.25, -0.2) is 15.2 Å². The molecule has 104 valence electrons. The van der Waals surface area contributed by atoms with Crippen molar-refractivity contribution in [3.8, 4) is 0 Å². The van der Waals surface area contributed by atoms with Crippen LogP contribution >= 0.6 is 0 Å². The molecular weight excluding hydrogens is 247 g/mol. The smallest absolute Gasteiger partial charge is 0.257 e. The van der Waals surface area contributed by atoms with Crippen molar-refractivity contribution in [2.45, 2.75) is 26.2 Å². The molecule has 1 saturated heterocycles. The molecule has 1 aliphatic rings. The van der Waals surface area contributed by atoms with Crippen LogP contribution in [0.2, 0.25) is 0 Å². The quantitative estimate of drug-likeness (QED) is 0.646. The van der Waals surface area contributed by atoms with Crippen molar-refractivity contribution in [1.82, 2.24) is 9.88 Å². The van der Waals surface area contributed by atoms with E-state index in [1.165, 1.54) is 12.3 Å². The van der Waals surface area contributed by atoms with E-state index in [1.807, 2.05) is 0 Å². The average molecular weight is 266 g/mol. The fraction of sp³-hybridized carbons (Fsp3) is 0.538. The number of nitrogens with one attached hydrogen (secondary N) is 1. The second-order valence-corrected chi connectivity index (χ2v) is 4.81. The zero-order valence-corrected chi connectivity index (χ0v) is 11.0. The van der Waals surface area contributed by atoms with E-state index >= 15 is 0 Å². The SMILES string of the molecule is CCC1CCN(C(=O)c2ccnc(NN)c2F)CC1. The average Bonchev–Trinajstić information content (AvgIpc) is 2.47. The number of halogens is 1. The van der Waals surface area contributed by atoms with Crippen molar-refractivity contribution in [3.05, 3.63) is 23.6 Å². The zero-order chi connectivity index (χ0) is 13.8. The number of anilines is 1. The number of carbonyl (C=O) groups excluding carboxylic acids is 1. The van der Waals surface area contributed by atoms with E-state index in [0.717, 1.165) is 19.3 Å². The van der Waals surface area contributed by atoms with E-state index in [0.29, 0.717) is 19.0 Å². The molecule has 1 aliphatic heterocycles. The van der Waals surface area contributed by atoms with E-state index < -0.39 is 5.82 Å². The molecule has 0 atom stereocenters. The van der Waals surface area contributed by atoms with Crippen LogP contribution in [0.15, 0.2) is 12.3 Å².